The maximum atomic E-state index is 12.5. The van der Waals surface area contributed by atoms with Gasteiger partial charge in [0.05, 0.1) is 4.90 Å². The van der Waals surface area contributed by atoms with Crippen LogP contribution in [0.3, 0.4) is 0 Å². The van der Waals surface area contributed by atoms with E-state index in [4.69, 9.17) is 4.74 Å². The molecule has 0 unspecified atom stereocenters. The maximum absolute atomic E-state index is 12.5. The number of hydrogen-bond donors (Lipinski definition) is 3. The van der Waals surface area contributed by atoms with Gasteiger partial charge in [0.15, 0.2) is 6.10 Å². The number of ether oxygens (including phenoxy) is 1. The summed E-state index contributed by atoms with van der Waals surface area (Å²) in [5, 5.41) is 5.07. The summed E-state index contributed by atoms with van der Waals surface area (Å²) in [6.07, 6.45) is -0.697. The second kappa shape index (κ2) is 8.54. The lowest BCUT2D eigenvalue weighted by Crippen LogP contribution is -2.33. The second-order valence-corrected chi connectivity index (χ2v) is 7.39. The lowest BCUT2D eigenvalue weighted by molar-refractivity contribution is -0.126. The molecule has 0 saturated carbocycles. The predicted molar refractivity (Wildman–Crippen MR) is 102 cm³/mol. The van der Waals surface area contributed by atoms with Crippen LogP contribution in [0.2, 0.25) is 0 Å². The van der Waals surface area contributed by atoms with E-state index in [1.807, 2.05) is 0 Å². The first-order valence-electron chi connectivity index (χ1n) is 8.10. The minimum absolute atomic E-state index is 0.0494. The number of sulfonamides is 1. The fourth-order valence-electron chi connectivity index (χ4n) is 2.20. The van der Waals surface area contributed by atoms with Crippen molar-refractivity contribution in [2.75, 3.05) is 17.1 Å². The SMILES string of the molecule is CNC(=O)[C@@H](C)Oc1ccc(S(=O)(=O)Nc2ccc(NC(C)=O)cc2)cc1. The number of nitrogens with one attached hydrogen (secondary N) is 3. The molecule has 144 valence electrons. The van der Waals surface area contributed by atoms with Crippen molar-refractivity contribution in [3.05, 3.63) is 48.5 Å². The highest BCUT2D eigenvalue weighted by molar-refractivity contribution is 7.92. The Morgan fingerprint density at radius 1 is 0.963 bits per heavy atom. The summed E-state index contributed by atoms with van der Waals surface area (Å²) in [4.78, 5) is 22.5. The van der Waals surface area contributed by atoms with Crippen molar-refractivity contribution in [1.82, 2.24) is 5.32 Å². The number of likely N-dealkylation sites (N-methyl/N-ethyl adjacent to an activating group) is 1. The third kappa shape index (κ3) is 5.71. The number of carbonyl (C=O) groups excluding carboxylic acids is 2. The molecule has 1 atom stereocenters. The Hall–Kier alpha value is -3.07. The van der Waals surface area contributed by atoms with Crippen LogP contribution in [0.5, 0.6) is 5.75 Å². The highest BCUT2D eigenvalue weighted by atomic mass is 32.2. The molecule has 2 aromatic carbocycles. The summed E-state index contributed by atoms with van der Waals surface area (Å²) in [7, 11) is -2.28. The zero-order valence-electron chi connectivity index (χ0n) is 15.1. The topological polar surface area (TPSA) is 114 Å². The van der Waals surface area contributed by atoms with Crippen molar-refractivity contribution in [2.45, 2.75) is 24.8 Å². The standard InChI is InChI=1S/C18H21N3O5S/c1-12(18(23)19-3)26-16-8-10-17(11-9-16)27(24,25)21-15-6-4-14(5-7-15)20-13(2)22/h4-12,21H,1-3H3,(H,19,23)(H,20,22)/t12-/m1/s1. The average Bonchev–Trinajstić information content (AvgIpc) is 2.62. The number of hydrogen-bond acceptors (Lipinski definition) is 5. The zero-order chi connectivity index (χ0) is 20.0. The second-order valence-electron chi connectivity index (χ2n) is 5.71. The van der Waals surface area contributed by atoms with Gasteiger partial charge in [0, 0.05) is 25.3 Å². The molecule has 0 saturated heterocycles. The lowest BCUT2D eigenvalue weighted by atomic mass is 10.3. The summed E-state index contributed by atoms with van der Waals surface area (Å²) < 4.78 is 32.8. The van der Waals surface area contributed by atoms with Crippen LogP contribution in [0.15, 0.2) is 53.4 Å². The van der Waals surface area contributed by atoms with Crippen LogP contribution in [0.25, 0.3) is 0 Å². The average molecular weight is 391 g/mol. The van der Waals surface area contributed by atoms with E-state index in [1.165, 1.54) is 38.2 Å². The van der Waals surface area contributed by atoms with Gasteiger partial charge in [0.25, 0.3) is 15.9 Å². The van der Waals surface area contributed by atoms with E-state index >= 15 is 0 Å². The van der Waals surface area contributed by atoms with E-state index in [0.717, 1.165) is 0 Å². The summed E-state index contributed by atoms with van der Waals surface area (Å²) in [5.74, 6) is -0.114. The Balaban J connectivity index is 2.08. The van der Waals surface area contributed by atoms with Gasteiger partial charge in [-0.3, -0.25) is 14.3 Å². The van der Waals surface area contributed by atoms with Crippen LogP contribution in [0.4, 0.5) is 11.4 Å². The Morgan fingerprint density at radius 3 is 2.04 bits per heavy atom. The molecule has 0 spiro atoms. The first-order chi connectivity index (χ1) is 12.7. The third-order valence-electron chi connectivity index (χ3n) is 3.52. The first kappa shape index (κ1) is 20.2. The van der Waals surface area contributed by atoms with Crippen molar-refractivity contribution in [2.24, 2.45) is 0 Å². The van der Waals surface area contributed by atoms with Crippen molar-refractivity contribution in [3.63, 3.8) is 0 Å². The fourth-order valence-corrected chi connectivity index (χ4v) is 3.26. The molecule has 0 aliphatic carbocycles. The molecule has 0 aliphatic heterocycles. The van der Waals surface area contributed by atoms with Crippen molar-refractivity contribution >= 4 is 33.2 Å². The molecule has 0 aliphatic rings. The van der Waals surface area contributed by atoms with Gasteiger partial charge in [-0.25, -0.2) is 8.42 Å². The quantitative estimate of drug-likeness (QED) is 0.668. The third-order valence-corrected chi connectivity index (χ3v) is 4.92. The Kier molecular flexibility index (Phi) is 6.40. The van der Waals surface area contributed by atoms with Gasteiger partial charge >= 0.3 is 0 Å². The number of anilines is 2. The molecule has 9 heteroatoms. The van der Waals surface area contributed by atoms with Gasteiger partial charge in [-0.2, -0.15) is 0 Å². The van der Waals surface area contributed by atoms with Gasteiger partial charge in [-0.05, 0) is 55.5 Å². The Labute approximate surface area is 158 Å². The van der Waals surface area contributed by atoms with E-state index in [2.05, 4.69) is 15.4 Å². The monoisotopic (exact) mass is 391 g/mol. The number of rotatable bonds is 7. The molecular formula is C18H21N3O5S. The molecule has 27 heavy (non-hydrogen) atoms. The van der Waals surface area contributed by atoms with Crippen LogP contribution in [0.1, 0.15) is 13.8 Å². The summed E-state index contributed by atoms with van der Waals surface area (Å²) in [6.45, 7) is 2.98. The minimum Gasteiger partial charge on any atom is -0.481 e. The van der Waals surface area contributed by atoms with Crippen LogP contribution in [-0.2, 0) is 19.6 Å². The van der Waals surface area contributed by atoms with Crippen LogP contribution >= 0.6 is 0 Å². The van der Waals surface area contributed by atoms with Gasteiger partial charge < -0.3 is 15.4 Å². The molecule has 2 rings (SSSR count). The van der Waals surface area contributed by atoms with E-state index < -0.39 is 16.1 Å². The molecule has 0 bridgehead atoms. The molecule has 0 heterocycles. The Bertz CT molecular complexity index is 909. The number of carbonyl (C=O) groups is 2. The fraction of sp³-hybridized carbons (Fsp3) is 0.222. The molecule has 0 radical (unpaired) electrons. The normalized spacial score (nSPS) is 12.0. The number of benzene rings is 2. The molecule has 2 amide bonds. The number of amides is 2. The molecule has 8 nitrogen and oxygen atoms in total. The largest absolute Gasteiger partial charge is 0.481 e. The van der Waals surface area contributed by atoms with E-state index in [1.54, 1.807) is 31.2 Å². The summed E-state index contributed by atoms with van der Waals surface area (Å²) in [5.41, 5.74) is 0.926. The van der Waals surface area contributed by atoms with Gasteiger partial charge in [-0.1, -0.05) is 0 Å². The summed E-state index contributed by atoms with van der Waals surface area (Å²) in [6, 6.07) is 12.0. The van der Waals surface area contributed by atoms with Crippen LogP contribution in [0, 0.1) is 0 Å². The smallest absolute Gasteiger partial charge is 0.261 e. The van der Waals surface area contributed by atoms with Gasteiger partial charge in [-0.15, -0.1) is 0 Å². The maximum Gasteiger partial charge on any atom is 0.261 e. The predicted octanol–water partition coefficient (Wildman–Crippen LogP) is 1.96. The van der Waals surface area contributed by atoms with E-state index in [9.17, 15) is 18.0 Å². The molecule has 2 aromatic rings. The van der Waals surface area contributed by atoms with E-state index in [-0.39, 0.29) is 16.7 Å². The van der Waals surface area contributed by atoms with Crippen molar-refractivity contribution in [1.29, 1.82) is 0 Å². The van der Waals surface area contributed by atoms with Gasteiger partial charge in [0.2, 0.25) is 5.91 Å². The molecular weight excluding hydrogens is 370 g/mol. The van der Waals surface area contributed by atoms with E-state index in [0.29, 0.717) is 17.1 Å². The van der Waals surface area contributed by atoms with Crippen molar-refractivity contribution in [3.8, 4) is 5.75 Å². The lowest BCUT2D eigenvalue weighted by Gasteiger charge is -2.14. The highest BCUT2D eigenvalue weighted by Gasteiger charge is 2.16. The van der Waals surface area contributed by atoms with Crippen LogP contribution in [-0.4, -0.2) is 33.4 Å². The Morgan fingerprint density at radius 2 is 1.52 bits per heavy atom. The zero-order valence-corrected chi connectivity index (χ0v) is 16.0. The summed E-state index contributed by atoms with van der Waals surface area (Å²) >= 11 is 0. The van der Waals surface area contributed by atoms with Crippen molar-refractivity contribution < 1.29 is 22.7 Å². The first-order valence-corrected chi connectivity index (χ1v) is 9.58. The van der Waals surface area contributed by atoms with Crippen LogP contribution < -0.4 is 20.1 Å². The molecule has 3 N–H and O–H groups in total. The highest BCUT2D eigenvalue weighted by Crippen LogP contribution is 2.21. The molecule has 0 aromatic heterocycles. The molecule has 0 fully saturated rings. The van der Waals surface area contributed by atoms with Gasteiger partial charge in [0.1, 0.15) is 5.75 Å². The minimum atomic E-state index is -3.79.